The lowest BCUT2D eigenvalue weighted by Crippen LogP contribution is -2.47. The number of hydrogen-bond acceptors (Lipinski definition) is 2. The molecular formula is C27H44O2Si. The summed E-state index contributed by atoms with van der Waals surface area (Å²) >= 11 is 0. The summed E-state index contributed by atoms with van der Waals surface area (Å²) in [6.45, 7) is 20.8. The molecule has 30 heavy (non-hydrogen) atoms. The first-order valence-corrected chi connectivity index (χ1v) is 15.0. The number of hydrogen-bond donors (Lipinski definition) is 0. The molecule has 1 aliphatic carbocycles. The molecule has 2 nitrogen and oxygen atoms in total. The van der Waals surface area contributed by atoms with E-state index in [2.05, 4.69) is 79.8 Å². The zero-order valence-corrected chi connectivity index (χ0v) is 21.9. The Labute approximate surface area is 186 Å². The van der Waals surface area contributed by atoms with Crippen LogP contribution in [0.3, 0.4) is 0 Å². The molecule has 0 spiro atoms. The van der Waals surface area contributed by atoms with E-state index in [1.165, 1.54) is 48.8 Å². The summed E-state index contributed by atoms with van der Waals surface area (Å²) in [6, 6.07) is 4.67. The summed E-state index contributed by atoms with van der Waals surface area (Å²) in [4.78, 5) is 0. The van der Waals surface area contributed by atoms with Crippen molar-refractivity contribution >= 4 is 8.32 Å². The van der Waals surface area contributed by atoms with Crippen LogP contribution in [0.1, 0.15) is 97.6 Å². The number of unbranched alkanes of at least 4 members (excludes halogenated alkanes) is 2. The minimum Gasteiger partial charge on any atom is -0.543 e. The van der Waals surface area contributed by atoms with Crippen LogP contribution in [0.5, 0.6) is 11.5 Å². The summed E-state index contributed by atoms with van der Waals surface area (Å²) in [5, 5.41) is 0.171. The van der Waals surface area contributed by atoms with E-state index in [-0.39, 0.29) is 10.6 Å². The monoisotopic (exact) mass is 428 g/mol. The number of ether oxygens (including phenoxy) is 1. The molecule has 3 rings (SSSR count). The van der Waals surface area contributed by atoms with E-state index >= 15 is 0 Å². The predicted octanol–water partition coefficient (Wildman–Crippen LogP) is 8.41. The average molecular weight is 429 g/mol. The fraction of sp³-hybridized carbons (Fsp3) is 0.704. The predicted molar refractivity (Wildman–Crippen MR) is 131 cm³/mol. The van der Waals surface area contributed by atoms with Gasteiger partial charge < -0.3 is 9.16 Å². The molecule has 1 aliphatic heterocycles. The first-order chi connectivity index (χ1) is 13.9. The highest BCUT2D eigenvalue weighted by Gasteiger charge is 2.47. The third-order valence-corrected chi connectivity index (χ3v) is 12.1. The lowest BCUT2D eigenvalue weighted by atomic mass is 9.68. The van der Waals surface area contributed by atoms with Crippen LogP contribution in [-0.4, -0.2) is 13.9 Å². The third-order valence-electron chi connectivity index (χ3n) is 7.75. The highest BCUT2D eigenvalue weighted by Crippen LogP contribution is 2.54. The molecule has 1 heterocycles. The number of rotatable bonds is 6. The Balaban J connectivity index is 2.12. The van der Waals surface area contributed by atoms with E-state index in [0.717, 1.165) is 17.9 Å². The number of allylic oxidation sites excluding steroid dienone is 2. The van der Waals surface area contributed by atoms with Crippen LogP contribution in [0.15, 0.2) is 23.8 Å². The molecule has 0 fully saturated rings. The van der Waals surface area contributed by atoms with Gasteiger partial charge in [0.25, 0.3) is 0 Å². The topological polar surface area (TPSA) is 18.5 Å². The molecule has 0 radical (unpaired) electrons. The van der Waals surface area contributed by atoms with Crippen molar-refractivity contribution in [2.75, 3.05) is 0 Å². The van der Waals surface area contributed by atoms with Crippen LogP contribution < -0.4 is 9.16 Å². The molecule has 0 amide bonds. The van der Waals surface area contributed by atoms with Gasteiger partial charge in [0.2, 0.25) is 8.32 Å². The van der Waals surface area contributed by atoms with Crippen molar-refractivity contribution in [1.29, 1.82) is 0 Å². The van der Waals surface area contributed by atoms with Gasteiger partial charge in [-0.05, 0) is 82.3 Å². The Bertz CT molecular complexity index is 798. The van der Waals surface area contributed by atoms with E-state index in [1.54, 1.807) is 0 Å². The van der Waals surface area contributed by atoms with Crippen LogP contribution in [0.4, 0.5) is 0 Å². The zero-order valence-electron chi connectivity index (χ0n) is 20.9. The van der Waals surface area contributed by atoms with Gasteiger partial charge in [0.15, 0.2) is 0 Å². The highest BCUT2D eigenvalue weighted by molar-refractivity contribution is 6.74. The maximum Gasteiger partial charge on any atom is 0.250 e. The minimum absolute atomic E-state index is 0.148. The van der Waals surface area contributed by atoms with Crippen molar-refractivity contribution in [1.82, 2.24) is 0 Å². The van der Waals surface area contributed by atoms with E-state index < -0.39 is 8.32 Å². The van der Waals surface area contributed by atoms with Crippen molar-refractivity contribution in [2.24, 2.45) is 5.92 Å². The van der Waals surface area contributed by atoms with Gasteiger partial charge in [-0.25, -0.2) is 0 Å². The molecule has 2 aliphatic rings. The van der Waals surface area contributed by atoms with E-state index in [0.29, 0.717) is 11.8 Å². The Kier molecular flexibility index (Phi) is 6.54. The number of benzene rings is 1. The summed E-state index contributed by atoms with van der Waals surface area (Å²) in [5.74, 6) is 3.06. The van der Waals surface area contributed by atoms with Gasteiger partial charge in [-0.15, -0.1) is 0 Å². The van der Waals surface area contributed by atoms with Gasteiger partial charge in [-0.2, -0.15) is 0 Å². The maximum atomic E-state index is 6.99. The second-order valence-corrected chi connectivity index (χ2v) is 16.4. The zero-order chi connectivity index (χ0) is 22.3. The molecule has 2 atom stereocenters. The van der Waals surface area contributed by atoms with Crippen LogP contribution in [0, 0.1) is 5.92 Å². The summed E-state index contributed by atoms with van der Waals surface area (Å²) in [6.07, 6.45) is 9.72. The van der Waals surface area contributed by atoms with Gasteiger partial charge in [-0.1, -0.05) is 52.2 Å². The summed E-state index contributed by atoms with van der Waals surface area (Å²) < 4.78 is 13.7. The SMILES string of the molecule is CCCCCc1cc2c(c(O[Si](C)(C)C(C)(C)C)c1)[C@H]1C=C(C)CC[C@@H]1C(C)(C)O2. The van der Waals surface area contributed by atoms with Gasteiger partial charge in [0.05, 0.1) is 0 Å². The Morgan fingerprint density at radius 3 is 2.50 bits per heavy atom. The van der Waals surface area contributed by atoms with Gasteiger partial charge in [-0.3, -0.25) is 0 Å². The quantitative estimate of drug-likeness (QED) is 0.257. The smallest absolute Gasteiger partial charge is 0.250 e. The Hall–Kier alpha value is -1.22. The Morgan fingerprint density at radius 1 is 1.17 bits per heavy atom. The Morgan fingerprint density at radius 2 is 1.87 bits per heavy atom. The largest absolute Gasteiger partial charge is 0.543 e. The van der Waals surface area contributed by atoms with Crippen LogP contribution >= 0.6 is 0 Å². The highest BCUT2D eigenvalue weighted by atomic mass is 28.4. The van der Waals surface area contributed by atoms with Crippen LogP contribution in [0.2, 0.25) is 18.1 Å². The lowest BCUT2D eigenvalue weighted by Gasteiger charge is -2.47. The van der Waals surface area contributed by atoms with Crippen molar-refractivity contribution < 1.29 is 9.16 Å². The molecule has 0 unspecified atom stereocenters. The maximum absolute atomic E-state index is 6.99. The second kappa shape index (κ2) is 8.37. The van der Waals surface area contributed by atoms with Crippen molar-refractivity contribution in [3.05, 3.63) is 34.9 Å². The van der Waals surface area contributed by atoms with E-state index in [1.807, 2.05) is 0 Å². The van der Waals surface area contributed by atoms with Crippen LogP contribution in [-0.2, 0) is 6.42 Å². The molecule has 0 bridgehead atoms. The number of fused-ring (bicyclic) bond motifs is 3. The average Bonchev–Trinajstić information content (AvgIpc) is 2.59. The number of aryl methyl sites for hydroxylation is 1. The minimum atomic E-state index is -1.95. The standard InChI is InChI=1S/C27H44O2Si/c1-10-11-12-13-20-17-23-25(24(18-20)29-30(8,9)26(3,4)5)21-16-19(2)14-15-22(21)27(6,7)28-23/h16-18,21-22H,10-15H2,1-9H3/t21-,22-/m0/s1. The van der Waals surface area contributed by atoms with Crippen molar-refractivity contribution in [3.8, 4) is 11.5 Å². The normalized spacial score (nSPS) is 23.2. The molecule has 0 N–H and O–H groups in total. The first kappa shape index (κ1) is 23.4. The summed E-state index contributed by atoms with van der Waals surface area (Å²) in [7, 11) is -1.95. The van der Waals surface area contributed by atoms with Gasteiger partial charge in [0, 0.05) is 17.4 Å². The molecule has 0 saturated heterocycles. The van der Waals surface area contributed by atoms with Crippen LogP contribution in [0.25, 0.3) is 0 Å². The molecule has 168 valence electrons. The van der Waals surface area contributed by atoms with Crippen molar-refractivity contribution in [2.45, 2.75) is 117 Å². The molecular weight excluding hydrogens is 384 g/mol. The summed E-state index contributed by atoms with van der Waals surface area (Å²) in [5.41, 5.74) is 4.03. The molecule has 3 heteroatoms. The third kappa shape index (κ3) is 4.66. The molecule has 0 aromatic heterocycles. The lowest BCUT2D eigenvalue weighted by molar-refractivity contribution is 0.0110. The van der Waals surface area contributed by atoms with Gasteiger partial charge >= 0.3 is 0 Å². The van der Waals surface area contributed by atoms with E-state index in [4.69, 9.17) is 9.16 Å². The molecule has 0 saturated carbocycles. The fourth-order valence-corrected chi connectivity index (χ4v) is 5.82. The first-order valence-electron chi connectivity index (χ1n) is 12.1. The molecule has 1 aromatic rings. The molecule has 1 aromatic carbocycles. The van der Waals surface area contributed by atoms with Gasteiger partial charge in [0.1, 0.15) is 17.1 Å². The second-order valence-electron chi connectivity index (χ2n) is 11.7. The van der Waals surface area contributed by atoms with Crippen molar-refractivity contribution in [3.63, 3.8) is 0 Å². The van der Waals surface area contributed by atoms with E-state index in [9.17, 15) is 0 Å². The fourth-order valence-electron chi connectivity index (χ4n) is 4.80.